The summed E-state index contributed by atoms with van der Waals surface area (Å²) >= 11 is 0. The van der Waals surface area contributed by atoms with Crippen LogP contribution in [0.1, 0.15) is 143 Å². The molecule has 1 aliphatic heterocycles. The SMILES string of the molecule is CCCCCC(C)CCCCCCC(C)[Si]C1Oc2ccc(-c3ncc(-c4ccccc4O[Si]CCC(C)CC(C)CCCC)cn3)c(F)c2C1(F)F. The highest BCUT2D eigenvalue weighted by atomic mass is 28.2. The Morgan fingerprint density at radius 2 is 1.40 bits per heavy atom. The number of hydrogen-bond acceptors (Lipinski definition) is 4. The number of halogens is 3. The first kappa shape index (κ1) is 43.1. The zero-order valence-electron chi connectivity index (χ0n) is 33.2. The molecule has 9 heteroatoms. The number of nitrogens with zero attached hydrogens (tertiary/aromatic N) is 2. The van der Waals surface area contributed by atoms with Crippen molar-refractivity contribution < 1.29 is 22.3 Å². The molecule has 0 spiro atoms. The molecule has 5 unspecified atom stereocenters. The predicted octanol–water partition coefficient (Wildman–Crippen LogP) is 13.5. The van der Waals surface area contributed by atoms with Gasteiger partial charge in [-0.15, -0.1) is 0 Å². The third-order valence-corrected chi connectivity index (χ3v) is 13.2. The van der Waals surface area contributed by atoms with E-state index in [2.05, 4.69) is 44.6 Å². The van der Waals surface area contributed by atoms with Gasteiger partial charge in [0.25, 0.3) is 0 Å². The van der Waals surface area contributed by atoms with Crippen LogP contribution in [0.15, 0.2) is 48.8 Å². The van der Waals surface area contributed by atoms with Gasteiger partial charge in [-0.1, -0.05) is 150 Å². The lowest BCUT2D eigenvalue weighted by molar-refractivity contribution is -0.0451. The van der Waals surface area contributed by atoms with Gasteiger partial charge in [0.15, 0.2) is 5.82 Å². The fourth-order valence-electron chi connectivity index (χ4n) is 7.45. The van der Waals surface area contributed by atoms with E-state index in [9.17, 15) is 0 Å². The summed E-state index contributed by atoms with van der Waals surface area (Å²) in [6.45, 7) is 13.5. The second-order valence-corrected chi connectivity index (χ2v) is 18.6. The fraction of sp³-hybridized carbons (Fsp3) is 0.636. The quantitative estimate of drug-likeness (QED) is 0.0637. The van der Waals surface area contributed by atoms with Crippen LogP contribution in [0.25, 0.3) is 22.5 Å². The van der Waals surface area contributed by atoms with Gasteiger partial charge in [-0.25, -0.2) is 14.4 Å². The lowest BCUT2D eigenvalue weighted by Gasteiger charge is -2.21. The van der Waals surface area contributed by atoms with Gasteiger partial charge >= 0.3 is 15.7 Å². The number of para-hydroxylation sites is 1. The molecule has 0 saturated heterocycles. The maximum Gasteiger partial charge on any atom is 0.311 e. The number of unbranched alkanes of at least 4 members (excludes halogenated alkanes) is 6. The van der Waals surface area contributed by atoms with Crippen LogP contribution in [0.2, 0.25) is 11.6 Å². The Kier molecular flexibility index (Phi) is 17.9. The Hall–Kier alpha value is -2.66. The molecule has 5 atom stereocenters. The molecule has 3 aromatic rings. The average Bonchev–Trinajstić information content (AvgIpc) is 3.40. The lowest BCUT2D eigenvalue weighted by atomic mass is 9.92. The van der Waals surface area contributed by atoms with E-state index < -0.39 is 23.0 Å². The molecule has 0 saturated carbocycles. The van der Waals surface area contributed by atoms with Gasteiger partial charge in [-0.3, -0.25) is 0 Å². The predicted molar refractivity (Wildman–Crippen MR) is 216 cm³/mol. The number of aromatic nitrogens is 2. The third-order valence-electron chi connectivity index (χ3n) is 10.7. The highest BCUT2D eigenvalue weighted by Crippen LogP contribution is 2.49. The van der Waals surface area contributed by atoms with Crippen LogP contribution in [0.5, 0.6) is 11.5 Å². The summed E-state index contributed by atoms with van der Waals surface area (Å²) in [5, 5.41) is 0. The van der Waals surface area contributed by atoms with Gasteiger partial charge in [0, 0.05) is 23.5 Å². The van der Waals surface area contributed by atoms with E-state index in [0.29, 0.717) is 15.7 Å². The van der Waals surface area contributed by atoms with Crippen LogP contribution < -0.4 is 9.16 Å². The van der Waals surface area contributed by atoms with Crippen LogP contribution in [0.3, 0.4) is 0 Å². The number of benzene rings is 2. The minimum atomic E-state index is -3.43. The summed E-state index contributed by atoms with van der Waals surface area (Å²) in [7, 11) is 0.204. The van der Waals surface area contributed by atoms with Crippen LogP contribution in [0, 0.1) is 23.6 Å². The zero-order valence-corrected chi connectivity index (χ0v) is 35.2. The Morgan fingerprint density at radius 1 is 0.755 bits per heavy atom. The first-order valence-electron chi connectivity index (χ1n) is 20.5. The summed E-state index contributed by atoms with van der Waals surface area (Å²) < 4.78 is 59.4. The van der Waals surface area contributed by atoms with Crippen LogP contribution in [0.4, 0.5) is 13.2 Å². The summed E-state index contributed by atoms with van der Waals surface area (Å²) in [5.74, 6) is -1.52. The number of ether oxygens (including phenoxy) is 1. The molecular formula is C44H63F3N2O2Si2. The molecule has 4 rings (SSSR count). The zero-order chi connectivity index (χ0) is 38.2. The summed E-state index contributed by atoms with van der Waals surface area (Å²) in [5.41, 5.74) is -0.461. The van der Waals surface area contributed by atoms with Gasteiger partial charge in [0.1, 0.15) is 38.1 Å². The Bertz CT molecular complexity index is 1510. The first-order chi connectivity index (χ1) is 25.5. The van der Waals surface area contributed by atoms with Crippen LogP contribution in [-0.4, -0.2) is 35.0 Å². The Balaban J connectivity index is 1.29. The third kappa shape index (κ3) is 13.0. The second kappa shape index (κ2) is 22.0. The normalized spacial score (nSPS) is 17.2. The van der Waals surface area contributed by atoms with Crippen LogP contribution >= 0.6 is 0 Å². The van der Waals surface area contributed by atoms with Gasteiger partial charge in [-0.2, -0.15) is 8.78 Å². The molecule has 2 aromatic carbocycles. The van der Waals surface area contributed by atoms with Crippen LogP contribution in [-0.2, 0) is 5.92 Å². The van der Waals surface area contributed by atoms with E-state index in [-0.39, 0.29) is 32.2 Å². The van der Waals surface area contributed by atoms with E-state index in [4.69, 9.17) is 9.16 Å². The molecule has 0 fully saturated rings. The fourth-order valence-corrected chi connectivity index (χ4v) is 9.93. The molecule has 2 heterocycles. The van der Waals surface area contributed by atoms with Crippen molar-refractivity contribution in [1.29, 1.82) is 0 Å². The Labute approximate surface area is 323 Å². The van der Waals surface area contributed by atoms with Crippen molar-refractivity contribution >= 4 is 19.3 Å². The largest absolute Gasteiger partial charge is 0.540 e. The van der Waals surface area contributed by atoms with Crippen molar-refractivity contribution in [1.82, 2.24) is 9.97 Å². The highest BCUT2D eigenvalue weighted by Gasteiger charge is 2.53. The monoisotopic (exact) mass is 764 g/mol. The molecule has 1 aliphatic rings. The average molecular weight is 765 g/mol. The summed E-state index contributed by atoms with van der Waals surface area (Å²) in [4.78, 5) is 8.86. The molecule has 0 amide bonds. The summed E-state index contributed by atoms with van der Waals surface area (Å²) in [6.07, 6.45) is 21.4. The molecule has 53 heavy (non-hydrogen) atoms. The van der Waals surface area contributed by atoms with E-state index >= 15 is 13.2 Å². The van der Waals surface area contributed by atoms with Crippen molar-refractivity contribution in [3.8, 4) is 34.0 Å². The minimum absolute atomic E-state index is 0.0561. The van der Waals surface area contributed by atoms with Crippen molar-refractivity contribution in [3.05, 3.63) is 60.2 Å². The van der Waals surface area contributed by atoms with Crippen molar-refractivity contribution in [2.45, 2.75) is 161 Å². The number of fused-ring (bicyclic) bond motifs is 1. The molecule has 1 aromatic heterocycles. The van der Waals surface area contributed by atoms with E-state index in [1.165, 1.54) is 82.8 Å². The van der Waals surface area contributed by atoms with Gasteiger partial charge < -0.3 is 9.16 Å². The molecule has 0 aliphatic carbocycles. The number of hydrogen-bond donors (Lipinski definition) is 0. The molecule has 290 valence electrons. The second-order valence-electron chi connectivity index (χ2n) is 15.7. The lowest BCUT2D eigenvalue weighted by Crippen LogP contribution is -2.37. The van der Waals surface area contributed by atoms with Gasteiger partial charge in [0.2, 0.25) is 0 Å². The van der Waals surface area contributed by atoms with E-state index in [1.807, 2.05) is 31.2 Å². The van der Waals surface area contributed by atoms with Crippen molar-refractivity contribution in [2.24, 2.45) is 17.8 Å². The molecule has 0 N–H and O–H groups in total. The number of rotatable bonds is 25. The highest BCUT2D eigenvalue weighted by molar-refractivity contribution is 6.39. The maximum atomic E-state index is 15.9. The van der Waals surface area contributed by atoms with Crippen molar-refractivity contribution in [3.63, 3.8) is 0 Å². The smallest absolute Gasteiger partial charge is 0.311 e. The van der Waals surface area contributed by atoms with E-state index in [1.54, 1.807) is 12.4 Å². The molecule has 4 nitrogen and oxygen atoms in total. The topological polar surface area (TPSA) is 44.2 Å². The Morgan fingerprint density at radius 3 is 2.11 bits per heavy atom. The molecule has 0 bridgehead atoms. The maximum absolute atomic E-state index is 15.9. The van der Waals surface area contributed by atoms with Gasteiger partial charge in [0.05, 0.1) is 5.56 Å². The standard InChI is InChI=1S/C44H63F3N2O2Si2/c1-7-9-13-19-31(3)20-14-11-12-15-21-34(6)53-43-44(46,47)40-39(50-43)25-24-37(41(40)45)42-48-29-35(30-49-42)36-22-16-17-23-38(36)51-52-27-26-33(5)28-32(4)18-10-8-2/h16-17,22-25,29-34,43H,7-15,18-21,26-28H2,1-6H3. The van der Waals surface area contributed by atoms with Crippen molar-refractivity contribution in [2.75, 3.05) is 0 Å². The molecule has 4 radical (unpaired) electrons. The first-order valence-corrected chi connectivity index (χ1v) is 22.8. The van der Waals surface area contributed by atoms with Gasteiger partial charge in [-0.05, 0) is 54.0 Å². The minimum Gasteiger partial charge on any atom is -0.540 e. The van der Waals surface area contributed by atoms with E-state index in [0.717, 1.165) is 60.4 Å². The summed E-state index contributed by atoms with van der Waals surface area (Å²) in [6, 6.07) is 11.6. The number of alkyl halides is 2. The molecular weight excluding hydrogens is 702 g/mol.